The average Bonchev–Trinajstić information content (AvgIpc) is 0.928. The maximum atomic E-state index is 13.0. The molecule has 0 aromatic carbocycles. The number of likely N-dealkylation sites (N-methyl/N-ethyl adjacent to an activating group) is 1. The zero-order valence-electron chi connectivity index (χ0n) is 68.4. The van der Waals surface area contributed by atoms with Crippen LogP contribution in [0.1, 0.15) is 296 Å². The summed E-state index contributed by atoms with van der Waals surface area (Å²) in [7, 11) is 5.97. The Balaban J connectivity index is 4.14. The fourth-order valence-corrected chi connectivity index (χ4v) is 10.8. The van der Waals surface area contributed by atoms with Crippen LogP contribution in [-0.4, -0.2) is 87.4 Å². The SMILES string of the molecule is CC/C=C\C/C=C\C/C=C\C/C=C\C/C=C\C/C=C\C/C=C\C/C=C\C/C=C\C/C=C\CCCCCCCCCCCCC(=O)OCC(COC(OCC[N+](C)(C)C)C(=O)O)OC(=O)CCCCCCCCCCCC/C=C\C/C=C\C/C=C\C/C=C\C/C=C\C/C=C\C/C=C\C/C=C\C/C=C\C/C=C\CC. The van der Waals surface area contributed by atoms with Crippen molar-refractivity contribution in [1.29, 1.82) is 0 Å². The standard InChI is InChI=1S/C98H153NO8/c1-6-8-10-12-14-16-18-20-22-24-26-28-30-32-34-36-38-40-42-44-46-48-50-52-54-56-58-60-62-64-66-68-70-72-74-76-78-80-82-84-86-88-95(100)105-92-94(93-106-98(97(102)103)104-91-90-99(3,4)5)107-96(101)89-87-85-83-81-79-77-75-73-71-69-67-65-63-61-59-57-55-53-51-49-47-45-43-41-39-37-35-33-31-29-27-25-23-21-19-17-15-13-11-9-7-2/h8-11,14-17,20-23,26-29,32-35,38-41,44-47,50-53,56-59,62-65,94,98H,6-7,12-13,18-19,24-25,30-31,36-37,42-43,48-49,54-55,60-61,66-93H2,1-5H3/p+1/b10-8-,11-9-,16-14-,17-15-,22-20-,23-21-,28-26-,29-27-,34-32-,35-33-,40-38-,41-39-,46-44-,47-45-,52-50-,53-51-,58-56-,59-57-,64-62-,65-63-. The predicted octanol–water partition coefficient (Wildman–Crippen LogP) is 27.9. The number of nitrogens with zero attached hydrogens (tertiary/aromatic N) is 1. The normalized spacial score (nSPS) is 13.9. The number of rotatable bonds is 75. The van der Waals surface area contributed by atoms with E-state index in [1.807, 2.05) is 21.1 Å². The smallest absolute Gasteiger partial charge is 0.361 e. The highest BCUT2D eigenvalue weighted by Crippen LogP contribution is 2.16. The van der Waals surface area contributed by atoms with Crippen LogP contribution in [0.4, 0.5) is 0 Å². The van der Waals surface area contributed by atoms with E-state index in [9.17, 15) is 19.5 Å². The molecular formula is C98H154NO8+. The van der Waals surface area contributed by atoms with E-state index in [4.69, 9.17) is 18.9 Å². The number of unbranched alkanes of at least 4 members (excludes halogenated alkanes) is 20. The Morgan fingerprint density at radius 1 is 0.280 bits per heavy atom. The van der Waals surface area contributed by atoms with Crippen molar-refractivity contribution >= 4 is 17.9 Å². The quantitative estimate of drug-likeness (QED) is 0.0211. The van der Waals surface area contributed by atoms with Crippen LogP contribution >= 0.6 is 0 Å². The lowest BCUT2D eigenvalue weighted by Gasteiger charge is -2.25. The number of allylic oxidation sites excluding steroid dienone is 40. The minimum Gasteiger partial charge on any atom is -0.477 e. The van der Waals surface area contributed by atoms with Crippen LogP contribution in [0.2, 0.25) is 0 Å². The number of hydrogen-bond acceptors (Lipinski definition) is 7. The van der Waals surface area contributed by atoms with Crippen molar-refractivity contribution in [2.75, 3.05) is 47.5 Å². The monoisotopic (exact) mass is 1470 g/mol. The molecule has 0 bridgehead atoms. The first-order valence-electron chi connectivity index (χ1n) is 42.2. The minimum absolute atomic E-state index is 0.175. The van der Waals surface area contributed by atoms with Gasteiger partial charge in [-0.05, 0) is 167 Å². The van der Waals surface area contributed by atoms with Gasteiger partial charge in [0.15, 0.2) is 6.10 Å². The zero-order chi connectivity index (χ0) is 77.4. The first-order valence-corrected chi connectivity index (χ1v) is 42.2. The van der Waals surface area contributed by atoms with Crippen molar-refractivity contribution in [3.05, 3.63) is 243 Å². The highest BCUT2D eigenvalue weighted by molar-refractivity contribution is 5.71. The van der Waals surface area contributed by atoms with E-state index in [-0.39, 0.29) is 38.6 Å². The first kappa shape index (κ1) is 100. The molecule has 2 atom stereocenters. The van der Waals surface area contributed by atoms with Crippen LogP contribution in [0, 0.1) is 0 Å². The second-order valence-corrected chi connectivity index (χ2v) is 28.3. The molecule has 0 saturated heterocycles. The number of carbonyl (C=O) groups excluding carboxylic acids is 2. The van der Waals surface area contributed by atoms with E-state index in [0.717, 1.165) is 186 Å². The van der Waals surface area contributed by atoms with E-state index in [1.165, 1.54) is 77.0 Å². The van der Waals surface area contributed by atoms with Gasteiger partial charge in [0.2, 0.25) is 0 Å². The van der Waals surface area contributed by atoms with Crippen LogP contribution in [0.25, 0.3) is 0 Å². The predicted molar refractivity (Wildman–Crippen MR) is 464 cm³/mol. The molecule has 107 heavy (non-hydrogen) atoms. The number of aliphatic carboxylic acids is 1. The van der Waals surface area contributed by atoms with Gasteiger partial charge in [0.1, 0.15) is 13.2 Å². The maximum Gasteiger partial charge on any atom is 0.361 e. The Morgan fingerprint density at radius 2 is 0.505 bits per heavy atom. The topological polar surface area (TPSA) is 108 Å². The Hall–Kier alpha value is -6.91. The summed E-state index contributed by atoms with van der Waals surface area (Å²) in [4.78, 5) is 37.8. The molecule has 0 aliphatic carbocycles. The molecular weight excluding hydrogens is 1320 g/mol. The van der Waals surface area contributed by atoms with Crippen LogP contribution in [0.3, 0.4) is 0 Å². The molecule has 1 N–H and O–H groups in total. The lowest BCUT2D eigenvalue weighted by atomic mass is 10.0. The third-order valence-electron chi connectivity index (χ3n) is 17.1. The summed E-state index contributed by atoms with van der Waals surface area (Å²) >= 11 is 0. The number of ether oxygens (including phenoxy) is 4. The summed E-state index contributed by atoms with van der Waals surface area (Å²) in [5.74, 6) is -2.03. The largest absolute Gasteiger partial charge is 0.477 e. The van der Waals surface area contributed by atoms with Gasteiger partial charge in [0.05, 0.1) is 34.4 Å². The fraction of sp³-hybridized carbons (Fsp3) is 0.561. The van der Waals surface area contributed by atoms with E-state index < -0.39 is 24.3 Å². The molecule has 0 aliphatic rings. The Bertz CT molecular complexity index is 2680. The first-order chi connectivity index (χ1) is 52.6. The molecule has 0 aliphatic heterocycles. The molecule has 0 amide bonds. The molecule has 0 spiro atoms. The summed E-state index contributed by atoms with van der Waals surface area (Å²) in [6.45, 7) is 4.62. The Kier molecular flexibility index (Phi) is 79.2. The maximum absolute atomic E-state index is 13.0. The van der Waals surface area contributed by atoms with Gasteiger partial charge < -0.3 is 28.5 Å². The molecule has 0 fully saturated rings. The van der Waals surface area contributed by atoms with Gasteiger partial charge in [-0.25, -0.2) is 4.79 Å². The lowest BCUT2D eigenvalue weighted by Crippen LogP contribution is -2.40. The third kappa shape index (κ3) is 86.2. The van der Waals surface area contributed by atoms with E-state index in [1.54, 1.807) is 0 Å². The van der Waals surface area contributed by atoms with Crippen LogP contribution in [-0.2, 0) is 33.3 Å². The molecule has 0 heterocycles. The van der Waals surface area contributed by atoms with Crippen molar-refractivity contribution < 1.29 is 42.9 Å². The van der Waals surface area contributed by atoms with Crippen molar-refractivity contribution in [2.24, 2.45) is 0 Å². The number of esters is 2. The molecule has 598 valence electrons. The molecule has 2 unspecified atom stereocenters. The molecule has 0 radical (unpaired) electrons. The van der Waals surface area contributed by atoms with Gasteiger partial charge in [-0.15, -0.1) is 0 Å². The van der Waals surface area contributed by atoms with Crippen molar-refractivity contribution in [3.63, 3.8) is 0 Å². The Labute approximate surface area is 656 Å². The molecule has 0 saturated carbocycles. The molecule has 9 heteroatoms. The van der Waals surface area contributed by atoms with Gasteiger partial charge in [-0.1, -0.05) is 360 Å². The zero-order valence-corrected chi connectivity index (χ0v) is 68.4. The summed E-state index contributed by atoms with van der Waals surface area (Å²) in [6, 6.07) is 0. The Morgan fingerprint density at radius 3 is 0.748 bits per heavy atom. The number of quaternary nitrogens is 1. The van der Waals surface area contributed by atoms with Crippen LogP contribution in [0.5, 0.6) is 0 Å². The second-order valence-electron chi connectivity index (χ2n) is 28.3. The number of carboxylic acid groups (broad SMARTS) is 1. The van der Waals surface area contributed by atoms with E-state index in [2.05, 4.69) is 257 Å². The van der Waals surface area contributed by atoms with E-state index >= 15 is 0 Å². The fourth-order valence-electron chi connectivity index (χ4n) is 10.8. The summed E-state index contributed by atoms with van der Waals surface area (Å²) in [6.07, 6.45) is 133. The highest BCUT2D eigenvalue weighted by Gasteiger charge is 2.25. The lowest BCUT2D eigenvalue weighted by molar-refractivity contribution is -0.870. The van der Waals surface area contributed by atoms with Crippen molar-refractivity contribution in [2.45, 2.75) is 309 Å². The molecule has 0 aromatic rings. The van der Waals surface area contributed by atoms with Crippen molar-refractivity contribution in [1.82, 2.24) is 0 Å². The number of hydrogen-bond donors (Lipinski definition) is 1. The third-order valence-corrected chi connectivity index (χ3v) is 17.1. The van der Waals surface area contributed by atoms with Gasteiger partial charge in [0.25, 0.3) is 6.29 Å². The highest BCUT2D eigenvalue weighted by atomic mass is 16.7. The van der Waals surface area contributed by atoms with Gasteiger partial charge in [0, 0.05) is 12.8 Å². The number of carbonyl (C=O) groups is 3. The summed E-state index contributed by atoms with van der Waals surface area (Å²) < 4.78 is 23.0. The minimum atomic E-state index is -1.53. The number of carboxylic acids is 1. The van der Waals surface area contributed by atoms with Crippen LogP contribution in [0.15, 0.2) is 243 Å². The summed E-state index contributed by atoms with van der Waals surface area (Å²) in [5.41, 5.74) is 0. The average molecular weight is 1470 g/mol. The van der Waals surface area contributed by atoms with Crippen LogP contribution < -0.4 is 0 Å². The van der Waals surface area contributed by atoms with E-state index in [0.29, 0.717) is 17.4 Å². The molecule has 0 rings (SSSR count). The van der Waals surface area contributed by atoms with Gasteiger partial charge >= 0.3 is 17.9 Å². The van der Waals surface area contributed by atoms with Gasteiger partial charge in [-0.2, -0.15) is 0 Å². The van der Waals surface area contributed by atoms with Gasteiger partial charge in [-0.3, -0.25) is 9.59 Å². The second kappa shape index (κ2) is 84.7. The summed E-state index contributed by atoms with van der Waals surface area (Å²) in [5, 5.41) is 9.79. The molecule has 9 nitrogen and oxygen atoms in total. The molecule has 0 aromatic heterocycles. The van der Waals surface area contributed by atoms with Crippen molar-refractivity contribution in [3.8, 4) is 0 Å².